The summed E-state index contributed by atoms with van der Waals surface area (Å²) < 4.78 is 10.2. The van der Waals surface area contributed by atoms with Crippen LogP contribution < -0.4 is 15.8 Å². The summed E-state index contributed by atoms with van der Waals surface area (Å²) in [6.45, 7) is 5.94. The molecule has 0 saturated heterocycles. The van der Waals surface area contributed by atoms with Gasteiger partial charge in [0, 0.05) is 13.0 Å². The Balaban J connectivity index is 2.52. The van der Waals surface area contributed by atoms with Gasteiger partial charge in [-0.15, -0.1) is 0 Å². The topological polar surface area (TPSA) is 90.6 Å². The first kappa shape index (κ1) is 18.8. The van der Waals surface area contributed by atoms with Crippen molar-refractivity contribution in [2.45, 2.75) is 46.5 Å². The van der Waals surface area contributed by atoms with Crippen LogP contribution in [0.5, 0.6) is 5.75 Å². The molecule has 0 aromatic heterocycles. The predicted octanol–water partition coefficient (Wildman–Crippen LogP) is 3.96. The number of ether oxygens (including phenoxy) is 2. The molecule has 128 valence electrons. The summed E-state index contributed by atoms with van der Waals surface area (Å²) >= 11 is 0. The van der Waals surface area contributed by atoms with Gasteiger partial charge >= 0.3 is 12.1 Å². The van der Waals surface area contributed by atoms with Crippen LogP contribution in [0.1, 0.15) is 46.5 Å². The summed E-state index contributed by atoms with van der Waals surface area (Å²) in [6, 6.07) is 4.61. The molecule has 0 saturated carbocycles. The molecular weight excluding hydrogens is 296 g/mol. The SMILES string of the molecule is CCCCC(CC)COC(=O)Nc1ccc(OC(C)=O)cc1N. The van der Waals surface area contributed by atoms with Crippen LogP contribution in [-0.2, 0) is 9.53 Å². The Morgan fingerprint density at radius 2 is 2.04 bits per heavy atom. The summed E-state index contributed by atoms with van der Waals surface area (Å²) in [5.74, 6) is 0.283. The van der Waals surface area contributed by atoms with Crippen molar-refractivity contribution in [3.8, 4) is 5.75 Å². The molecule has 0 aliphatic rings. The summed E-state index contributed by atoms with van der Waals surface area (Å²) in [7, 11) is 0. The average Bonchev–Trinajstić information content (AvgIpc) is 2.49. The van der Waals surface area contributed by atoms with Crippen LogP contribution in [0.2, 0.25) is 0 Å². The van der Waals surface area contributed by atoms with Crippen molar-refractivity contribution in [3.63, 3.8) is 0 Å². The van der Waals surface area contributed by atoms with Gasteiger partial charge in [0.05, 0.1) is 18.0 Å². The Bertz CT molecular complexity index is 531. The van der Waals surface area contributed by atoms with Gasteiger partial charge in [-0.25, -0.2) is 4.79 Å². The molecule has 1 aromatic rings. The van der Waals surface area contributed by atoms with E-state index in [1.54, 1.807) is 12.1 Å². The maximum atomic E-state index is 11.8. The van der Waals surface area contributed by atoms with Gasteiger partial charge in [0.1, 0.15) is 5.75 Å². The van der Waals surface area contributed by atoms with Gasteiger partial charge in [0.2, 0.25) is 0 Å². The standard InChI is InChI=1S/C17H26N2O4/c1-4-6-7-13(5-2)11-22-17(21)19-16-9-8-14(10-15(16)18)23-12(3)20/h8-10,13H,4-7,11,18H2,1-3H3,(H,19,21). The van der Waals surface area contributed by atoms with Crippen LogP contribution in [0.3, 0.4) is 0 Å². The van der Waals surface area contributed by atoms with Gasteiger partial charge in [0.15, 0.2) is 0 Å². The molecule has 1 rings (SSSR count). The number of carbonyl (C=O) groups is 2. The van der Waals surface area contributed by atoms with Crippen molar-refractivity contribution in [2.24, 2.45) is 5.92 Å². The zero-order chi connectivity index (χ0) is 17.2. The maximum absolute atomic E-state index is 11.8. The van der Waals surface area contributed by atoms with Gasteiger partial charge in [0.25, 0.3) is 0 Å². The average molecular weight is 322 g/mol. The lowest BCUT2D eigenvalue weighted by molar-refractivity contribution is -0.131. The Morgan fingerprint density at radius 3 is 2.61 bits per heavy atom. The van der Waals surface area contributed by atoms with E-state index >= 15 is 0 Å². The fraction of sp³-hybridized carbons (Fsp3) is 0.529. The summed E-state index contributed by atoms with van der Waals surface area (Å²) in [5.41, 5.74) is 6.56. The molecule has 1 atom stereocenters. The van der Waals surface area contributed by atoms with Crippen molar-refractivity contribution in [2.75, 3.05) is 17.7 Å². The van der Waals surface area contributed by atoms with E-state index in [0.29, 0.717) is 29.6 Å². The molecule has 23 heavy (non-hydrogen) atoms. The van der Waals surface area contributed by atoms with Gasteiger partial charge in [-0.2, -0.15) is 0 Å². The van der Waals surface area contributed by atoms with Crippen LogP contribution in [0, 0.1) is 5.92 Å². The van der Waals surface area contributed by atoms with Crippen molar-refractivity contribution in [1.82, 2.24) is 0 Å². The lowest BCUT2D eigenvalue weighted by Gasteiger charge is -2.15. The highest BCUT2D eigenvalue weighted by Crippen LogP contribution is 2.24. The van der Waals surface area contributed by atoms with Gasteiger partial charge < -0.3 is 15.2 Å². The zero-order valence-corrected chi connectivity index (χ0v) is 14.1. The Kier molecular flexibility index (Phi) is 7.94. The monoisotopic (exact) mass is 322 g/mol. The first-order valence-corrected chi connectivity index (χ1v) is 7.97. The third kappa shape index (κ3) is 7.04. The second-order valence-electron chi connectivity index (χ2n) is 5.48. The van der Waals surface area contributed by atoms with E-state index in [2.05, 4.69) is 19.2 Å². The molecule has 6 nitrogen and oxygen atoms in total. The van der Waals surface area contributed by atoms with Crippen LogP contribution in [0.4, 0.5) is 16.2 Å². The molecular formula is C17H26N2O4. The van der Waals surface area contributed by atoms with Gasteiger partial charge in [-0.1, -0.05) is 33.1 Å². The number of anilines is 2. The fourth-order valence-corrected chi connectivity index (χ4v) is 2.12. The highest BCUT2D eigenvalue weighted by atomic mass is 16.5. The number of carbonyl (C=O) groups excluding carboxylic acids is 2. The predicted molar refractivity (Wildman–Crippen MR) is 90.4 cm³/mol. The van der Waals surface area contributed by atoms with E-state index in [1.165, 1.54) is 13.0 Å². The minimum Gasteiger partial charge on any atom is -0.449 e. The van der Waals surface area contributed by atoms with Gasteiger partial charge in [-0.05, 0) is 24.5 Å². The second kappa shape index (κ2) is 9.71. The number of hydrogen-bond acceptors (Lipinski definition) is 5. The molecule has 6 heteroatoms. The molecule has 1 amide bonds. The lowest BCUT2D eigenvalue weighted by Crippen LogP contribution is -2.19. The first-order chi connectivity index (χ1) is 11.0. The maximum Gasteiger partial charge on any atom is 0.411 e. The number of nitrogens with one attached hydrogen (secondary N) is 1. The normalized spacial score (nSPS) is 11.6. The van der Waals surface area contributed by atoms with Crippen molar-refractivity contribution in [3.05, 3.63) is 18.2 Å². The molecule has 0 radical (unpaired) electrons. The Hall–Kier alpha value is -2.24. The third-order valence-corrected chi connectivity index (χ3v) is 3.51. The third-order valence-electron chi connectivity index (χ3n) is 3.51. The smallest absolute Gasteiger partial charge is 0.411 e. The highest BCUT2D eigenvalue weighted by molar-refractivity contribution is 5.89. The summed E-state index contributed by atoms with van der Waals surface area (Å²) in [6.07, 6.45) is 3.76. The molecule has 0 aliphatic heterocycles. The number of nitrogen functional groups attached to an aromatic ring is 1. The van der Waals surface area contributed by atoms with E-state index < -0.39 is 12.1 Å². The van der Waals surface area contributed by atoms with Crippen LogP contribution in [0.15, 0.2) is 18.2 Å². The summed E-state index contributed by atoms with van der Waals surface area (Å²) in [5, 5.41) is 2.60. The van der Waals surface area contributed by atoms with Crippen molar-refractivity contribution in [1.29, 1.82) is 0 Å². The van der Waals surface area contributed by atoms with Crippen LogP contribution >= 0.6 is 0 Å². The Morgan fingerprint density at radius 1 is 1.30 bits per heavy atom. The fourth-order valence-electron chi connectivity index (χ4n) is 2.12. The number of unbranched alkanes of at least 4 members (excludes halogenated alkanes) is 1. The van der Waals surface area contributed by atoms with Gasteiger partial charge in [-0.3, -0.25) is 10.1 Å². The lowest BCUT2D eigenvalue weighted by atomic mass is 10.0. The largest absolute Gasteiger partial charge is 0.449 e. The number of nitrogens with two attached hydrogens (primary N) is 1. The van der Waals surface area contributed by atoms with E-state index in [9.17, 15) is 9.59 Å². The molecule has 1 unspecified atom stereocenters. The molecule has 0 heterocycles. The number of rotatable bonds is 8. The van der Waals surface area contributed by atoms with E-state index in [1.807, 2.05) is 0 Å². The second-order valence-corrected chi connectivity index (χ2v) is 5.48. The van der Waals surface area contributed by atoms with Crippen molar-refractivity contribution >= 4 is 23.4 Å². The Labute approximate surface area is 137 Å². The quantitative estimate of drug-likeness (QED) is 0.429. The minimum absolute atomic E-state index is 0.304. The molecule has 0 aliphatic carbocycles. The first-order valence-electron chi connectivity index (χ1n) is 7.97. The van der Waals surface area contributed by atoms with E-state index in [-0.39, 0.29) is 0 Å². The molecule has 0 spiro atoms. The van der Waals surface area contributed by atoms with Crippen LogP contribution in [-0.4, -0.2) is 18.7 Å². The van der Waals surface area contributed by atoms with E-state index in [0.717, 1.165) is 25.7 Å². The molecule has 1 aromatic carbocycles. The minimum atomic E-state index is -0.535. The van der Waals surface area contributed by atoms with Crippen molar-refractivity contribution < 1.29 is 19.1 Å². The molecule has 0 bridgehead atoms. The summed E-state index contributed by atoms with van der Waals surface area (Å²) in [4.78, 5) is 22.7. The zero-order valence-electron chi connectivity index (χ0n) is 14.1. The molecule has 0 fully saturated rings. The number of esters is 1. The number of benzene rings is 1. The highest BCUT2D eigenvalue weighted by Gasteiger charge is 2.12. The number of amides is 1. The molecule has 3 N–H and O–H groups in total. The van der Waals surface area contributed by atoms with Crippen LogP contribution in [0.25, 0.3) is 0 Å². The van der Waals surface area contributed by atoms with E-state index in [4.69, 9.17) is 15.2 Å². The number of hydrogen-bond donors (Lipinski definition) is 2.